The van der Waals surface area contributed by atoms with Crippen molar-refractivity contribution in [2.24, 2.45) is 5.92 Å². The van der Waals surface area contributed by atoms with Crippen LogP contribution in [-0.2, 0) is 0 Å². The Balaban J connectivity index is 1.79. The van der Waals surface area contributed by atoms with Gasteiger partial charge in [0.25, 0.3) is 12.3 Å². The van der Waals surface area contributed by atoms with Gasteiger partial charge in [-0.3, -0.25) is 9.69 Å². The van der Waals surface area contributed by atoms with Crippen LogP contribution in [0.15, 0.2) is 18.2 Å². The van der Waals surface area contributed by atoms with E-state index in [0.717, 1.165) is 29.5 Å². The Morgan fingerprint density at radius 1 is 1.32 bits per heavy atom. The molecule has 1 aliphatic rings. The zero-order valence-corrected chi connectivity index (χ0v) is 13.2. The van der Waals surface area contributed by atoms with E-state index in [9.17, 15) is 13.6 Å². The minimum Gasteiger partial charge on any atom is -0.352 e. The number of carbonyl (C=O) groups is 1. The van der Waals surface area contributed by atoms with Gasteiger partial charge in [0.2, 0.25) is 0 Å². The maximum atomic E-state index is 12.3. The minimum atomic E-state index is -2.26. The maximum Gasteiger partial charge on any atom is 0.251 e. The fraction of sp³-hybridized carbons (Fsp3) is 0.588. The molecule has 22 heavy (non-hydrogen) atoms. The fourth-order valence-corrected chi connectivity index (χ4v) is 2.90. The molecular weight excluding hydrogens is 286 g/mol. The van der Waals surface area contributed by atoms with Crippen molar-refractivity contribution in [1.29, 1.82) is 0 Å². The topological polar surface area (TPSA) is 32.3 Å². The lowest BCUT2D eigenvalue weighted by Crippen LogP contribution is -2.40. The molecule has 1 saturated heterocycles. The lowest BCUT2D eigenvalue weighted by atomic mass is 9.96. The molecule has 0 atom stereocenters. The number of carbonyl (C=O) groups excluding carboxylic acids is 1. The highest BCUT2D eigenvalue weighted by Crippen LogP contribution is 2.18. The van der Waals surface area contributed by atoms with Gasteiger partial charge in [0, 0.05) is 12.1 Å². The average molecular weight is 310 g/mol. The molecule has 0 bridgehead atoms. The highest BCUT2D eigenvalue weighted by molar-refractivity contribution is 5.95. The summed E-state index contributed by atoms with van der Waals surface area (Å²) in [6, 6.07) is 5.72. The molecule has 1 amide bonds. The van der Waals surface area contributed by atoms with Crippen LogP contribution in [0.4, 0.5) is 8.78 Å². The van der Waals surface area contributed by atoms with Crippen LogP contribution in [0.3, 0.4) is 0 Å². The number of likely N-dealkylation sites (tertiary alicyclic amines) is 1. The third-order valence-electron chi connectivity index (χ3n) is 4.50. The van der Waals surface area contributed by atoms with E-state index < -0.39 is 6.43 Å². The molecule has 1 heterocycles. The molecule has 0 aliphatic carbocycles. The number of hydrogen-bond donors (Lipinski definition) is 1. The van der Waals surface area contributed by atoms with E-state index in [1.807, 2.05) is 32.0 Å². The van der Waals surface area contributed by atoms with Crippen molar-refractivity contribution in [2.45, 2.75) is 33.1 Å². The van der Waals surface area contributed by atoms with Crippen LogP contribution in [0.2, 0.25) is 0 Å². The first-order valence-corrected chi connectivity index (χ1v) is 7.82. The summed E-state index contributed by atoms with van der Waals surface area (Å²) >= 11 is 0. The molecule has 1 aromatic rings. The fourth-order valence-electron chi connectivity index (χ4n) is 2.90. The number of nitrogens with one attached hydrogen (secondary N) is 1. The van der Waals surface area contributed by atoms with E-state index in [-0.39, 0.29) is 12.5 Å². The first kappa shape index (κ1) is 16.9. The summed E-state index contributed by atoms with van der Waals surface area (Å²) in [6.45, 7) is 5.80. The predicted octanol–water partition coefficient (Wildman–Crippen LogP) is 3.01. The molecule has 122 valence electrons. The summed E-state index contributed by atoms with van der Waals surface area (Å²) in [7, 11) is 0. The van der Waals surface area contributed by atoms with Crippen LogP contribution in [0, 0.1) is 19.8 Å². The summed E-state index contributed by atoms with van der Waals surface area (Å²) in [6.07, 6.45) is -0.542. The van der Waals surface area contributed by atoms with Crippen LogP contribution in [0.25, 0.3) is 0 Å². The summed E-state index contributed by atoms with van der Waals surface area (Å²) in [5.74, 6) is 0.333. The van der Waals surface area contributed by atoms with Gasteiger partial charge < -0.3 is 5.32 Å². The van der Waals surface area contributed by atoms with Crippen LogP contribution < -0.4 is 5.32 Å². The number of benzene rings is 1. The largest absolute Gasteiger partial charge is 0.352 e. The molecule has 0 aromatic heterocycles. The Labute approximate surface area is 130 Å². The molecule has 1 fully saturated rings. The summed E-state index contributed by atoms with van der Waals surface area (Å²) in [5.41, 5.74) is 2.83. The number of aryl methyl sites for hydroxylation is 1. The van der Waals surface area contributed by atoms with Crippen molar-refractivity contribution in [3.63, 3.8) is 0 Å². The van der Waals surface area contributed by atoms with Crippen molar-refractivity contribution >= 4 is 5.91 Å². The first-order valence-electron chi connectivity index (χ1n) is 7.82. The molecular formula is C17H24F2N2O. The number of alkyl halides is 2. The van der Waals surface area contributed by atoms with E-state index >= 15 is 0 Å². The van der Waals surface area contributed by atoms with Gasteiger partial charge in [0.05, 0.1) is 6.54 Å². The highest BCUT2D eigenvalue weighted by atomic mass is 19.3. The summed E-state index contributed by atoms with van der Waals surface area (Å²) in [4.78, 5) is 14.0. The van der Waals surface area contributed by atoms with Gasteiger partial charge in [0.1, 0.15) is 0 Å². The van der Waals surface area contributed by atoms with Gasteiger partial charge in [0.15, 0.2) is 0 Å². The van der Waals surface area contributed by atoms with Crippen LogP contribution in [0.1, 0.15) is 34.3 Å². The third kappa shape index (κ3) is 4.50. The van der Waals surface area contributed by atoms with Crippen molar-refractivity contribution in [3.8, 4) is 0 Å². The Bertz CT molecular complexity index is 511. The SMILES string of the molecule is Cc1cccc(C(=O)NCC2CCN(CC(F)F)CC2)c1C. The number of amides is 1. The minimum absolute atomic E-state index is 0.0452. The lowest BCUT2D eigenvalue weighted by Gasteiger charge is -2.31. The van der Waals surface area contributed by atoms with Crippen LogP contribution in [-0.4, -0.2) is 43.4 Å². The second-order valence-corrected chi connectivity index (χ2v) is 6.09. The molecule has 0 radical (unpaired) electrons. The molecule has 0 unspecified atom stereocenters. The zero-order chi connectivity index (χ0) is 16.1. The number of rotatable bonds is 5. The van der Waals surface area contributed by atoms with Gasteiger partial charge in [-0.2, -0.15) is 0 Å². The van der Waals surface area contributed by atoms with Gasteiger partial charge in [-0.15, -0.1) is 0 Å². The first-order chi connectivity index (χ1) is 10.5. The van der Waals surface area contributed by atoms with Crippen molar-refractivity contribution in [3.05, 3.63) is 34.9 Å². The highest BCUT2D eigenvalue weighted by Gasteiger charge is 2.22. The van der Waals surface area contributed by atoms with Crippen LogP contribution >= 0.6 is 0 Å². The normalized spacial score (nSPS) is 17.0. The Morgan fingerprint density at radius 2 is 2.00 bits per heavy atom. The Hall–Kier alpha value is -1.49. The monoisotopic (exact) mass is 310 g/mol. The molecule has 2 rings (SSSR count). The maximum absolute atomic E-state index is 12.3. The van der Waals surface area contributed by atoms with Gasteiger partial charge in [-0.1, -0.05) is 12.1 Å². The van der Waals surface area contributed by atoms with Crippen molar-refractivity contribution in [2.75, 3.05) is 26.2 Å². The molecule has 1 aromatic carbocycles. The second-order valence-electron chi connectivity index (χ2n) is 6.09. The molecule has 5 heteroatoms. The molecule has 3 nitrogen and oxygen atoms in total. The quantitative estimate of drug-likeness (QED) is 0.907. The van der Waals surface area contributed by atoms with Crippen molar-refractivity contribution in [1.82, 2.24) is 10.2 Å². The molecule has 1 N–H and O–H groups in total. The summed E-state index contributed by atoms with van der Waals surface area (Å²) < 4.78 is 24.7. The number of piperidine rings is 1. The van der Waals surface area contributed by atoms with Gasteiger partial charge in [-0.05, 0) is 62.9 Å². The van der Waals surface area contributed by atoms with Gasteiger partial charge in [-0.25, -0.2) is 8.78 Å². The summed E-state index contributed by atoms with van der Waals surface area (Å²) in [5, 5.41) is 2.99. The average Bonchev–Trinajstić information content (AvgIpc) is 2.48. The Kier molecular flexibility index (Phi) is 5.89. The van der Waals surface area contributed by atoms with E-state index in [0.29, 0.717) is 25.6 Å². The van der Waals surface area contributed by atoms with Gasteiger partial charge >= 0.3 is 0 Å². The standard InChI is InChI=1S/C17H24F2N2O/c1-12-4-3-5-15(13(12)2)17(22)20-10-14-6-8-21(9-7-14)11-16(18)19/h3-5,14,16H,6-11H2,1-2H3,(H,20,22). The lowest BCUT2D eigenvalue weighted by molar-refractivity contribution is 0.0683. The van der Waals surface area contributed by atoms with Crippen molar-refractivity contribution < 1.29 is 13.6 Å². The molecule has 0 spiro atoms. The predicted molar refractivity (Wildman–Crippen MR) is 83.4 cm³/mol. The van der Waals surface area contributed by atoms with E-state index in [4.69, 9.17) is 0 Å². The zero-order valence-electron chi connectivity index (χ0n) is 13.2. The van der Waals surface area contributed by atoms with E-state index in [1.165, 1.54) is 0 Å². The molecule has 0 saturated carbocycles. The van der Waals surface area contributed by atoms with Crippen LogP contribution in [0.5, 0.6) is 0 Å². The third-order valence-corrected chi connectivity index (χ3v) is 4.50. The van der Waals surface area contributed by atoms with E-state index in [1.54, 1.807) is 4.90 Å². The van der Waals surface area contributed by atoms with E-state index in [2.05, 4.69) is 5.32 Å². The Morgan fingerprint density at radius 3 is 2.64 bits per heavy atom. The smallest absolute Gasteiger partial charge is 0.251 e. The second kappa shape index (κ2) is 7.68. The number of hydrogen-bond acceptors (Lipinski definition) is 2. The molecule has 1 aliphatic heterocycles. The number of nitrogens with zero attached hydrogens (tertiary/aromatic N) is 1. The number of halogens is 2.